The van der Waals surface area contributed by atoms with Crippen LogP contribution < -0.4 is 4.90 Å². The van der Waals surface area contributed by atoms with Crippen LogP contribution in [0, 0.1) is 0 Å². The molecule has 0 radical (unpaired) electrons. The molecule has 0 spiro atoms. The van der Waals surface area contributed by atoms with Crippen LogP contribution in [-0.2, 0) is 4.79 Å². The zero-order valence-corrected chi connectivity index (χ0v) is 15.1. The Labute approximate surface area is 152 Å². The quantitative estimate of drug-likeness (QED) is 0.589. The second-order valence-electron chi connectivity index (χ2n) is 6.94. The largest absolute Gasteiger partial charge is 0.291 e. The first-order valence-corrected chi connectivity index (χ1v) is 8.44. The number of para-hydroxylation sites is 1. The number of anilines is 1. The van der Waals surface area contributed by atoms with E-state index in [0.29, 0.717) is 21.8 Å². The van der Waals surface area contributed by atoms with Crippen molar-refractivity contribution in [1.29, 1.82) is 0 Å². The number of benzene rings is 2. The van der Waals surface area contributed by atoms with Gasteiger partial charge in [0.2, 0.25) is 5.91 Å². The highest BCUT2D eigenvalue weighted by molar-refractivity contribution is 6.37. The Bertz CT molecular complexity index is 868. The molecule has 2 aromatic carbocycles. The summed E-state index contributed by atoms with van der Waals surface area (Å²) >= 11 is 6.23. The van der Waals surface area contributed by atoms with Gasteiger partial charge in [0.25, 0.3) is 5.91 Å². The van der Waals surface area contributed by atoms with Gasteiger partial charge in [-0.3, -0.25) is 14.6 Å². The van der Waals surface area contributed by atoms with E-state index in [1.165, 1.54) is 0 Å². The first-order chi connectivity index (χ1) is 11.8. The van der Waals surface area contributed by atoms with E-state index in [9.17, 15) is 9.59 Å². The molecule has 1 heterocycles. The Morgan fingerprint density at radius 3 is 2.36 bits per heavy atom. The molecule has 5 heteroatoms. The van der Waals surface area contributed by atoms with Gasteiger partial charge in [0.1, 0.15) is 0 Å². The molecule has 25 heavy (non-hydrogen) atoms. The molecule has 128 valence electrons. The van der Waals surface area contributed by atoms with E-state index in [0.717, 1.165) is 4.90 Å². The van der Waals surface area contributed by atoms with Crippen molar-refractivity contribution in [2.24, 2.45) is 4.99 Å². The first-order valence-electron chi connectivity index (χ1n) is 8.07. The van der Waals surface area contributed by atoms with Crippen molar-refractivity contribution < 1.29 is 9.59 Å². The highest BCUT2D eigenvalue weighted by Crippen LogP contribution is 2.35. The minimum Gasteiger partial charge on any atom is -0.291 e. The van der Waals surface area contributed by atoms with Crippen molar-refractivity contribution in [2.45, 2.75) is 32.2 Å². The summed E-state index contributed by atoms with van der Waals surface area (Å²) in [5.41, 5.74) is 1.25. The number of carbonyl (C=O) groups is 2. The predicted molar refractivity (Wildman–Crippen MR) is 101 cm³/mol. The minimum atomic E-state index is -0.621. The highest BCUT2D eigenvalue weighted by atomic mass is 35.5. The number of hydrogen-bond acceptors (Lipinski definition) is 3. The summed E-state index contributed by atoms with van der Waals surface area (Å²) in [4.78, 5) is 31.7. The van der Waals surface area contributed by atoms with Gasteiger partial charge in [-0.15, -0.1) is 0 Å². The third-order valence-electron chi connectivity index (χ3n) is 3.92. The van der Waals surface area contributed by atoms with E-state index >= 15 is 0 Å². The van der Waals surface area contributed by atoms with Crippen molar-refractivity contribution in [2.75, 3.05) is 4.90 Å². The Morgan fingerprint density at radius 2 is 1.68 bits per heavy atom. The molecular formula is C20H19ClN2O2. The Balaban J connectivity index is 2.15. The molecule has 4 nitrogen and oxygen atoms in total. The molecule has 0 bridgehead atoms. The lowest BCUT2D eigenvalue weighted by molar-refractivity contribution is -0.118. The summed E-state index contributed by atoms with van der Waals surface area (Å²) in [6, 6.07) is 14.0. The van der Waals surface area contributed by atoms with Crippen molar-refractivity contribution in [3.63, 3.8) is 0 Å². The van der Waals surface area contributed by atoms with Crippen LogP contribution in [0.5, 0.6) is 0 Å². The maximum Gasteiger partial charge on any atom is 0.265 e. The van der Waals surface area contributed by atoms with E-state index in [1.807, 2.05) is 26.8 Å². The van der Waals surface area contributed by atoms with Gasteiger partial charge in [0.15, 0.2) is 0 Å². The minimum absolute atomic E-state index is 0.314. The Kier molecular flexibility index (Phi) is 4.48. The third kappa shape index (κ3) is 3.35. The molecular weight excluding hydrogens is 336 g/mol. The second-order valence-corrected chi connectivity index (χ2v) is 7.35. The highest BCUT2D eigenvalue weighted by Gasteiger charge is 2.39. The molecule has 0 aromatic heterocycles. The van der Waals surface area contributed by atoms with Crippen molar-refractivity contribution >= 4 is 35.3 Å². The van der Waals surface area contributed by atoms with E-state index in [1.54, 1.807) is 48.7 Å². The van der Waals surface area contributed by atoms with Gasteiger partial charge in [-0.1, -0.05) is 41.9 Å². The molecule has 0 saturated carbocycles. The molecule has 0 saturated heterocycles. The fourth-order valence-electron chi connectivity index (χ4n) is 2.76. The summed E-state index contributed by atoms with van der Waals surface area (Å²) in [5, 5.41) is 0.357. The van der Waals surface area contributed by atoms with Gasteiger partial charge in [-0.2, -0.15) is 0 Å². The van der Waals surface area contributed by atoms with Crippen LogP contribution in [0.2, 0.25) is 5.02 Å². The van der Waals surface area contributed by atoms with Crippen LogP contribution >= 0.6 is 11.6 Å². The van der Waals surface area contributed by atoms with Crippen LogP contribution in [0.1, 0.15) is 42.6 Å². The summed E-state index contributed by atoms with van der Waals surface area (Å²) in [6.07, 6.45) is 1.64. The average molecular weight is 355 g/mol. The smallest absolute Gasteiger partial charge is 0.265 e. The number of fused-ring (bicyclic) bond motifs is 1. The number of aliphatic imine (C=N–C) groups is 1. The lowest BCUT2D eigenvalue weighted by atomic mass is 9.88. The molecule has 1 aliphatic heterocycles. The Morgan fingerprint density at radius 1 is 1.04 bits per heavy atom. The zero-order valence-electron chi connectivity index (χ0n) is 14.4. The number of amides is 2. The zero-order chi connectivity index (χ0) is 18.2. The number of rotatable bonds is 2. The van der Waals surface area contributed by atoms with Gasteiger partial charge in [0, 0.05) is 11.8 Å². The topological polar surface area (TPSA) is 49.7 Å². The lowest BCUT2D eigenvalue weighted by Gasteiger charge is -2.31. The molecule has 0 fully saturated rings. The van der Waals surface area contributed by atoms with E-state index < -0.39 is 5.92 Å². The molecule has 3 rings (SSSR count). The molecule has 0 aliphatic carbocycles. The third-order valence-corrected chi connectivity index (χ3v) is 4.24. The molecule has 2 amide bonds. The number of nitrogens with zero attached hydrogens (tertiary/aromatic N) is 2. The summed E-state index contributed by atoms with van der Waals surface area (Å²) in [6.45, 7) is 5.87. The average Bonchev–Trinajstić information content (AvgIpc) is 2.55. The summed E-state index contributed by atoms with van der Waals surface area (Å²) in [5.74, 6) is -1.33. The summed E-state index contributed by atoms with van der Waals surface area (Å²) < 4.78 is 0. The standard InChI is InChI=1S/C20H19ClN2O2/c1-20(2,3)22-12-15-13-8-4-5-9-14(13)18(24)23(19(15)25)17-11-7-6-10-16(17)21/h4-12,15H,1-3H3. The maximum atomic E-state index is 13.1. The van der Waals surface area contributed by atoms with Gasteiger partial charge in [-0.25, -0.2) is 4.90 Å². The number of carbonyl (C=O) groups excluding carboxylic acids is 2. The molecule has 1 unspecified atom stereocenters. The van der Waals surface area contributed by atoms with Crippen LogP contribution in [0.25, 0.3) is 0 Å². The maximum absolute atomic E-state index is 13.1. The van der Waals surface area contributed by atoms with Gasteiger partial charge >= 0.3 is 0 Å². The summed E-state index contributed by atoms with van der Waals surface area (Å²) in [7, 11) is 0. The SMILES string of the molecule is CC(C)(C)N=CC1C(=O)N(c2ccccc2Cl)C(=O)c2ccccc21. The normalized spacial score (nSPS) is 17.9. The van der Waals surface area contributed by atoms with Crippen molar-refractivity contribution in [3.8, 4) is 0 Å². The lowest BCUT2D eigenvalue weighted by Crippen LogP contribution is -2.45. The fraction of sp³-hybridized carbons (Fsp3) is 0.250. The number of hydrogen-bond donors (Lipinski definition) is 0. The van der Waals surface area contributed by atoms with E-state index in [2.05, 4.69) is 4.99 Å². The van der Waals surface area contributed by atoms with E-state index in [-0.39, 0.29) is 17.4 Å². The molecule has 1 atom stereocenters. The first kappa shape index (κ1) is 17.4. The number of halogens is 1. The van der Waals surface area contributed by atoms with Gasteiger partial charge in [0.05, 0.1) is 22.2 Å². The van der Waals surface area contributed by atoms with E-state index in [4.69, 9.17) is 11.6 Å². The molecule has 1 aliphatic rings. The second kappa shape index (κ2) is 6.45. The fourth-order valence-corrected chi connectivity index (χ4v) is 2.98. The van der Waals surface area contributed by atoms with Crippen LogP contribution in [0.15, 0.2) is 53.5 Å². The van der Waals surface area contributed by atoms with Gasteiger partial charge in [-0.05, 0) is 44.5 Å². The Hall–Kier alpha value is -2.46. The monoisotopic (exact) mass is 354 g/mol. The van der Waals surface area contributed by atoms with Crippen LogP contribution in [0.4, 0.5) is 5.69 Å². The molecule has 2 aromatic rings. The van der Waals surface area contributed by atoms with Crippen LogP contribution in [-0.4, -0.2) is 23.6 Å². The van der Waals surface area contributed by atoms with Crippen LogP contribution in [0.3, 0.4) is 0 Å². The van der Waals surface area contributed by atoms with Crippen molar-refractivity contribution in [3.05, 3.63) is 64.7 Å². The predicted octanol–water partition coefficient (Wildman–Crippen LogP) is 4.48. The van der Waals surface area contributed by atoms with Crippen molar-refractivity contribution in [1.82, 2.24) is 0 Å². The van der Waals surface area contributed by atoms with Gasteiger partial charge < -0.3 is 0 Å². The molecule has 0 N–H and O–H groups in total. The number of imide groups is 1.